The number of likely N-dealkylation sites (N-methyl/N-ethyl adjacent to an activating group) is 1. The SMILES string of the molecule is CNC(=O)[C@@H]1CN(C(=O)COc2cc(C)cc(C)c2)c2ccccc2O1. The van der Waals surface area contributed by atoms with Crippen LogP contribution in [-0.2, 0) is 9.59 Å². The summed E-state index contributed by atoms with van der Waals surface area (Å²) in [5.74, 6) is 0.661. The van der Waals surface area contributed by atoms with Crippen LogP contribution in [0.25, 0.3) is 0 Å². The summed E-state index contributed by atoms with van der Waals surface area (Å²) in [6.07, 6.45) is -0.750. The first kappa shape index (κ1) is 17.8. The standard InChI is InChI=1S/C20H22N2O4/c1-13-8-14(2)10-15(9-13)25-12-19(23)22-11-18(20(24)21-3)26-17-7-5-4-6-16(17)22/h4-10,18H,11-12H2,1-3H3,(H,21,24)/t18-/m0/s1. The second-order valence-electron chi connectivity index (χ2n) is 6.30. The normalized spacial score (nSPS) is 15.7. The van der Waals surface area contributed by atoms with Crippen molar-refractivity contribution in [1.29, 1.82) is 0 Å². The van der Waals surface area contributed by atoms with Crippen LogP contribution in [0.3, 0.4) is 0 Å². The second-order valence-corrected chi connectivity index (χ2v) is 6.30. The van der Waals surface area contributed by atoms with E-state index in [9.17, 15) is 9.59 Å². The quantitative estimate of drug-likeness (QED) is 0.914. The van der Waals surface area contributed by atoms with E-state index in [0.717, 1.165) is 11.1 Å². The Balaban J connectivity index is 1.77. The number of aryl methyl sites for hydroxylation is 2. The van der Waals surface area contributed by atoms with E-state index in [0.29, 0.717) is 17.2 Å². The lowest BCUT2D eigenvalue weighted by Crippen LogP contribution is -2.51. The maximum atomic E-state index is 12.8. The van der Waals surface area contributed by atoms with Gasteiger partial charge in [0.1, 0.15) is 11.5 Å². The first-order valence-corrected chi connectivity index (χ1v) is 8.46. The van der Waals surface area contributed by atoms with Gasteiger partial charge in [0, 0.05) is 7.05 Å². The number of nitrogens with one attached hydrogen (secondary N) is 1. The van der Waals surface area contributed by atoms with Crippen LogP contribution < -0.4 is 19.7 Å². The van der Waals surface area contributed by atoms with Crippen molar-refractivity contribution in [3.8, 4) is 11.5 Å². The number of amides is 2. The molecule has 1 aliphatic heterocycles. The molecule has 6 heteroatoms. The number of anilines is 1. The fourth-order valence-electron chi connectivity index (χ4n) is 3.01. The van der Waals surface area contributed by atoms with Gasteiger partial charge in [-0.25, -0.2) is 0 Å². The topological polar surface area (TPSA) is 67.9 Å². The molecule has 3 rings (SSSR count). The number of ether oxygens (including phenoxy) is 2. The molecular weight excluding hydrogens is 332 g/mol. The lowest BCUT2D eigenvalue weighted by Gasteiger charge is -2.33. The molecule has 0 saturated carbocycles. The highest BCUT2D eigenvalue weighted by molar-refractivity contribution is 5.98. The van der Waals surface area contributed by atoms with Crippen molar-refractivity contribution in [1.82, 2.24) is 5.32 Å². The summed E-state index contributed by atoms with van der Waals surface area (Å²) in [5.41, 5.74) is 2.79. The van der Waals surface area contributed by atoms with Crippen molar-refractivity contribution in [2.45, 2.75) is 20.0 Å². The Morgan fingerprint density at radius 3 is 2.58 bits per heavy atom. The highest BCUT2D eigenvalue weighted by Crippen LogP contribution is 2.33. The molecule has 0 aliphatic carbocycles. The van der Waals surface area contributed by atoms with Crippen molar-refractivity contribution in [2.75, 3.05) is 25.1 Å². The Morgan fingerprint density at radius 1 is 1.19 bits per heavy atom. The molecule has 0 bridgehead atoms. The summed E-state index contributed by atoms with van der Waals surface area (Å²) >= 11 is 0. The smallest absolute Gasteiger partial charge is 0.265 e. The minimum Gasteiger partial charge on any atom is -0.484 e. The van der Waals surface area contributed by atoms with E-state index in [1.54, 1.807) is 30.1 Å². The van der Waals surface area contributed by atoms with Crippen molar-refractivity contribution < 1.29 is 19.1 Å². The summed E-state index contributed by atoms with van der Waals surface area (Å²) in [5, 5.41) is 2.56. The van der Waals surface area contributed by atoms with E-state index in [1.165, 1.54) is 0 Å². The Kier molecular flexibility index (Phi) is 5.11. The summed E-state index contributed by atoms with van der Waals surface area (Å²) in [7, 11) is 1.54. The van der Waals surface area contributed by atoms with Gasteiger partial charge in [0.15, 0.2) is 12.7 Å². The molecule has 2 amide bonds. The Bertz CT molecular complexity index is 814. The maximum Gasteiger partial charge on any atom is 0.265 e. The van der Waals surface area contributed by atoms with Gasteiger partial charge >= 0.3 is 0 Å². The molecule has 2 aromatic carbocycles. The van der Waals surface area contributed by atoms with Gasteiger partial charge in [-0.05, 0) is 49.2 Å². The summed E-state index contributed by atoms with van der Waals surface area (Å²) in [4.78, 5) is 26.3. The number of fused-ring (bicyclic) bond motifs is 1. The molecule has 1 atom stereocenters. The van der Waals surface area contributed by atoms with Gasteiger partial charge in [0.25, 0.3) is 11.8 Å². The van der Waals surface area contributed by atoms with Crippen molar-refractivity contribution in [3.63, 3.8) is 0 Å². The zero-order chi connectivity index (χ0) is 18.7. The molecule has 136 valence electrons. The van der Waals surface area contributed by atoms with Gasteiger partial charge in [-0.15, -0.1) is 0 Å². The van der Waals surface area contributed by atoms with Gasteiger partial charge in [-0.1, -0.05) is 18.2 Å². The largest absolute Gasteiger partial charge is 0.484 e. The highest BCUT2D eigenvalue weighted by atomic mass is 16.5. The van der Waals surface area contributed by atoms with Gasteiger partial charge in [-0.2, -0.15) is 0 Å². The molecule has 0 fully saturated rings. The molecule has 6 nitrogen and oxygen atoms in total. The monoisotopic (exact) mass is 354 g/mol. The third kappa shape index (κ3) is 3.79. The molecule has 1 aliphatic rings. The van der Waals surface area contributed by atoms with Crippen LogP contribution in [-0.4, -0.2) is 38.1 Å². The maximum absolute atomic E-state index is 12.8. The van der Waals surface area contributed by atoms with Crippen LogP contribution in [0.2, 0.25) is 0 Å². The molecule has 1 heterocycles. The molecule has 0 spiro atoms. The van der Waals surface area contributed by atoms with Crippen molar-refractivity contribution >= 4 is 17.5 Å². The van der Waals surface area contributed by atoms with Crippen LogP contribution in [0.4, 0.5) is 5.69 Å². The van der Waals surface area contributed by atoms with Gasteiger partial charge in [0.2, 0.25) is 0 Å². The van der Waals surface area contributed by atoms with Gasteiger partial charge in [0.05, 0.1) is 12.2 Å². The highest BCUT2D eigenvalue weighted by Gasteiger charge is 2.33. The van der Waals surface area contributed by atoms with Crippen LogP contribution in [0.1, 0.15) is 11.1 Å². The molecule has 0 unspecified atom stereocenters. The second kappa shape index (κ2) is 7.47. The molecule has 0 radical (unpaired) electrons. The number of hydrogen-bond donors (Lipinski definition) is 1. The molecule has 26 heavy (non-hydrogen) atoms. The fourth-order valence-corrected chi connectivity index (χ4v) is 3.01. The van der Waals surface area contributed by atoms with Crippen LogP contribution in [0.5, 0.6) is 11.5 Å². The van der Waals surface area contributed by atoms with E-state index < -0.39 is 6.10 Å². The summed E-state index contributed by atoms with van der Waals surface area (Å²) in [6, 6.07) is 13.0. The first-order chi connectivity index (χ1) is 12.5. The average molecular weight is 354 g/mol. The first-order valence-electron chi connectivity index (χ1n) is 8.46. The third-order valence-corrected chi connectivity index (χ3v) is 4.17. The number of rotatable bonds is 4. The lowest BCUT2D eigenvalue weighted by atomic mass is 10.1. The zero-order valence-electron chi connectivity index (χ0n) is 15.1. The number of carbonyl (C=O) groups is 2. The van der Waals surface area contributed by atoms with E-state index in [4.69, 9.17) is 9.47 Å². The van der Waals surface area contributed by atoms with E-state index in [2.05, 4.69) is 5.32 Å². The molecular formula is C20H22N2O4. The fraction of sp³-hybridized carbons (Fsp3) is 0.300. The third-order valence-electron chi connectivity index (χ3n) is 4.17. The number of carbonyl (C=O) groups excluding carboxylic acids is 2. The lowest BCUT2D eigenvalue weighted by molar-refractivity contribution is -0.128. The van der Waals surface area contributed by atoms with E-state index in [1.807, 2.05) is 38.1 Å². The Labute approximate surface area is 152 Å². The Morgan fingerprint density at radius 2 is 1.88 bits per heavy atom. The molecule has 1 N–H and O–H groups in total. The number of benzene rings is 2. The zero-order valence-corrected chi connectivity index (χ0v) is 15.1. The van der Waals surface area contributed by atoms with Crippen molar-refractivity contribution in [2.24, 2.45) is 0 Å². The average Bonchev–Trinajstić information content (AvgIpc) is 2.63. The van der Waals surface area contributed by atoms with Crippen LogP contribution in [0, 0.1) is 13.8 Å². The minimum absolute atomic E-state index is 0.113. The minimum atomic E-state index is -0.750. The van der Waals surface area contributed by atoms with Gasteiger partial charge in [-0.3, -0.25) is 9.59 Å². The summed E-state index contributed by atoms with van der Waals surface area (Å²) < 4.78 is 11.4. The molecule has 2 aromatic rings. The van der Waals surface area contributed by atoms with Crippen LogP contribution in [0.15, 0.2) is 42.5 Å². The molecule has 0 saturated heterocycles. The number of para-hydroxylation sites is 2. The van der Waals surface area contributed by atoms with Crippen molar-refractivity contribution in [3.05, 3.63) is 53.6 Å². The predicted octanol–water partition coefficient (Wildman–Crippen LogP) is 2.22. The number of nitrogens with zero attached hydrogens (tertiary/aromatic N) is 1. The Hall–Kier alpha value is -3.02. The van der Waals surface area contributed by atoms with E-state index in [-0.39, 0.29) is 25.0 Å². The van der Waals surface area contributed by atoms with Gasteiger partial charge < -0.3 is 19.7 Å². The summed E-state index contributed by atoms with van der Waals surface area (Å²) in [6.45, 7) is 3.99. The molecule has 0 aromatic heterocycles. The number of hydrogen-bond acceptors (Lipinski definition) is 4. The predicted molar refractivity (Wildman–Crippen MR) is 98.7 cm³/mol. The van der Waals surface area contributed by atoms with Crippen LogP contribution >= 0.6 is 0 Å². The van der Waals surface area contributed by atoms with E-state index >= 15 is 0 Å².